The molecule has 0 saturated carbocycles. The van der Waals surface area contributed by atoms with Gasteiger partial charge in [-0.15, -0.1) is 0 Å². The number of hydrogen-bond acceptors (Lipinski definition) is 4. The van der Waals surface area contributed by atoms with E-state index in [1.165, 1.54) is 31.2 Å². The normalized spacial score (nSPS) is 15.5. The summed E-state index contributed by atoms with van der Waals surface area (Å²) < 4.78 is 44.0. The lowest BCUT2D eigenvalue weighted by atomic mass is 9.91. The third-order valence-electron chi connectivity index (χ3n) is 5.98. The number of nitrogens with one attached hydrogen (secondary N) is 1. The van der Waals surface area contributed by atoms with Gasteiger partial charge < -0.3 is 9.88 Å². The second-order valence-electron chi connectivity index (χ2n) is 8.08. The average Bonchev–Trinajstić information content (AvgIpc) is 3.14. The van der Waals surface area contributed by atoms with E-state index >= 15 is 4.39 Å². The Morgan fingerprint density at radius 1 is 1.12 bits per heavy atom. The fraction of sp³-hybridized carbons (Fsp3) is 0.208. The Hall–Kier alpha value is -3.57. The van der Waals surface area contributed by atoms with Crippen LogP contribution in [-0.4, -0.2) is 21.5 Å². The molecule has 1 N–H and O–H groups in total. The maximum atomic E-state index is 15.2. The highest BCUT2D eigenvalue weighted by molar-refractivity contribution is 6.31. The van der Waals surface area contributed by atoms with Crippen molar-refractivity contribution in [2.24, 2.45) is 0 Å². The molecule has 1 aliphatic rings. The van der Waals surface area contributed by atoms with Crippen LogP contribution in [0.3, 0.4) is 0 Å². The summed E-state index contributed by atoms with van der Waals surface area (Å²) in [5.74, 6) is -2.27. The molecule has 1 aliphatic heterocycles. The maximum absolute atomic E-state index is 15.2. The van der Waals surface area contributed by atoms with Gasteiger partial charge in [-0.05, 0) is 49.6 Å². The molecular formula is C24H17ClF3N5. The lowest BCUT2D eigenvalue weighted by Gasteiger charge is -2.36. The predicted molar refractivity (Wildman–Crippen MR) is 119 cm³/mol. The molecule has 0 spiro atoms. The Labute approximate surface area is 192 Å². The zero-order chi connectivity index (χ0) is 23.4. The van der Waals surface area contributed by atoms with Crippen LogP contribution in [0, 0.1) is 42.6 Å². The molecule has 166 valence electrons. The van der Waals surface area contributed by atoms with E-state index < -0.39 is 23.5 Å². The van der Waals surface area contributed by atoms with E-state index in [4.69, 9.17) is 11.6 Å². The largest absolute Gasteiger partial charge is 0.356 e. The first-order chi connectivity index (χ1) is 15.8. The van der Waals surface area contributed by atoms with Crippen molar-refractivity contribution < 1.29 is 13.2 Å². The Balaban J connectivity index is 1.78. The molecule has 1 atom stereocenters. The van der Waals surface area contributed by atoms with Crippen LogP contribution >= 0.6 is 11.6 Å². The number of halogens is 4. The Bertz CT molecular complexity index is 1470. The molecular weight excluding hydrogens is 451 g/mol. The molecule has 33 heavy (non-hydrogen) atoms. The fourth-order valence-electron chi connectivity index (χ4n) is 4.44. The molecule has 5 rings (SSSR count). The third kappa shape index (κ3) is 3.40. The smallest absolute Gasteiger partial charge is 0.227 e. The molecule has 2 aromatic carbocycles. The first-order valence-electron chi connectivity index (χ1n) is 10.2. The van der Waals surface area contributed by atoms with Crippen molar-refractivity contribution in [1.82, 2.24) is 15.0 Å². The van der Waals surface area contributed by atoms with Gasteiger partial charge in [0.1, 0.15) is 23.6 Å². The molecule has 4 aromatic rings. The maximum Gasteiger partial charge on any atom is 0.227 e. The molecule has 0 amide bonds. The van der Waals surface area contributed by atoms with Crippen LogP contribution in [0.15, 0.2) is 30.3 Å². The lowest BCUT2D eigenvalue weighted by molar-refractivity contribution is 0.481. The number of rotatable bonds is 2. The third-order valence-corrected chi connectivity index (χ3v) is 6.27. The Morgan fingerprint density at radius 2 is 1.91 bits per heavy atom. The van der Waals surface area contributed by atoms with Crippen molar-refractivity contribution in [3.8, 4) is 6.07 Å². The number of nitrogens with zero attached hydrogens (tertiary/aromatic N) is 4. The summed E-state index contributed by atoms with van der Waals surface area (Å²) in [7, 11) is 0. The summed E-state index contributed by atoms with van der Waals surface area (Å²) in [5.41, 5.74) is 2.92. The average molecular weight is 468 g/mol. The van der Waals surface area contributed by atoms with Crippen molar-refractivity contribution in [2.75, 3.05) is 11.4 Å². The lowest BCUT2D eigenvalue weighted by Crippen LogP contribution is -2.38. The fourth-order valence-corrected chi connectivity index (χ4v) is 4.60. The van der Waals surface area contributed by atoms with E-state index in [2.05, 4.69) is 15.0 Å². The van der Waals surface area contributed by atoms with Gasteiger partial charge in [-0.1, -0.05) is 23.7 Å². The summed E-state index contributed by atoms with van der Waals surface area (Å²) in [5, 5.41) is 10.1. The van der Waals surface area contributed by atoms with Crippen LogP contribution in [0.5, 0.6) is 0 Å². The van der Waals surface area contributed by atoms with Crippen LogP contribution in [0.4, 0.5) is 19.1 Å². The highest BCUT2D eigenvalue weighted by Gasteiger charge is 2.36. The second-order valence-corrected chi connectivity index (χ2v) is 8.49. The number of aromatic nitrogens is 3. The van der Waals surface area contributed by atoms with Gasteiger partial charge >= 0.3 is 0 Å². The first-order valence-corrected chi connectivity index (χ1v) is 10.6. The van der Waals surface area contributed by atoms with E-state index in [0.717, 1.165) is 10.9 Å². The topological polar surface area (TPSA) is 68.6 Å². The number of anilines is 1. The van der Waals surface area contributed by atoms with Gasteiger partial charge in [0.05, 0.1) is 5.02 Å². The van der Waals surface area contributed by atoms with E-state index in [-0.39, 0.29) is 27.8 Å². The van der Waals surface area contributed by atoms with Gasteiger partial charge in [-0.3, -0.25) is 0 Å². The summed E-state index contributed by atoms with van der Waals surface area (Å²) in [6.45, 7) is 3.59. The van der Waals surface area contributed by atoms with Crippen LogP contribution in [0.25, 0.3) is 10.9 Å². The molecule has 0 bridgehead atoms. The Morgan fingerprint density at radius 3 is 2.67 bits per heavy atom. The molecule has 9 heteroatoms. The number of fused-ring (bicyclic) bond motifs is 3. The number of aromatic amines is 1. The van der Waals surface area contributed by atoms with Crippen molar-refractivity contribution in [1.29, 1.82) is 5.26 Å². The van der Waals surface area contributed by atoms with E-state index in [1.54, 1.807) is 17.9 Å². The molecule has 0 radical (unpaired) electrons. The molecule has 0 fully saturated rings. The molecule has 5 nitrogen and oxygen atoms in total. The van der Waals surface area contributed by atoms with Crippen LogP contribution in [0.2, 0.25) is 5.02 Å². The molecule has 2 aromatic heterocycles. The quantitative estimate of drug-likeness (QED) is 0.412. The summed E-state index contributed by atoms with van der Waals surface area (Å²) in [6.07, 6.45) is 0.503. The number of hydrogen-bond donors (Lipinski definition) is 1. The SMILES string of the molecule is Cc1cc(C#N)nc(N2CCc3c([nH]c4cc(F)c(Cl)cc34)C2c2ccc(C)c(F)c2F)n1. The van der Waals surface area contributed by atoms with Gasteiger partial charge in [0, 0.05) is 34.4 Å². The van der Waals surface area contributed by atoms with Crippen molar-refractivity contribution >= 4 is 28.5 Å². The molecule has 0 aliphatic carbocycles. The number of aryl methyl sites for hydroxylation is 2. The van der Waals surface area contributed by atoms with Crippen LogP contribution in [0.1, 0.15) is 39.8 Å². The zero-order valence-corrected chi connectivity index (χ0v) is 18.4. The number of nitriles is 1. The minimum absolute atomic E-state index is 0.0171. The van der Waals surface area contributed by atoms with Gasteiger partial charge in [0.2, 0.25) is 5.95 Å². The monoisotopic (exact) mass is 467 g/mol. The molecule has 0 saturated heterocycles. The molecule has 3 heterocycles. The standard InChI is InChI=1S/C24H17ClF3N5/c1-11-3-4-15(21(28)20(11)27)23-22-14(16-8-17(25)18(26)9-19(16)32-22)5-6-33(23)24-30-12(2)7-13(10-29)31-24/h3-4,7-9,23,32H,5-6H2,1-2H3. The van der Waals surface area contributed by atoms with Gasteiger partial charge in [-0.2, -0.15) is 5.26 Å². The van der Waals surface area contributed by atoms with E-state index in [1.807, 2.05) is 6.07 Å². The summed E-state index contributed by atoms with van der Waals surface area (Å²) >= 11 is 6.02. The number of H-pyrrole nitrogens is 1. The van der Waals surface area contributed by atoms with Gasteiger partial charge in [-0.25, -0.2) is 23.1 Å². The highest BCUT2D eigenvalue weighted by atomic mass is 35.5. The van der Waals surface area contributed by atoms with Crippen molar-refractivity contribution in [3.05, 3.63) is 86.6 Å². The van der Waals surface area contributed by atoms with Crippen LogP contribution in [-0.2, 0) is 6.42 Å². The van der Waals surface area contributed by atoms with Gasteiger partial charge in [0.25, 0.3) is 0 Å². The van der Waals surface area contributed by atoms with E-state index in [9.17, 15) is 14.0 Å². The minimum Gasteiger partial charge on any atom is -0.356 e. The minimum atomic E-state index is -0.978. The van der Waals surface area contributed by atoms with E-state index in [0.29, 0.717) is 29.9 Å². The van der Waals surface area contributed by atoms with Crippen LogP contribution < -0.4 is 4.90 Å². The first kappa shape index (κ1) is 21.3. The summed E-state index contributed by atoms with van der Waals surface area (Å²) in [6, 6.07) is 8.60. The van der Waals surface area contributed by atoms with Crippen molar-refractivity contribution in [2.45, 2.75) is 26.3 Å². The highest BCUT2D eigenvalue weighted by Crippen LogP contribution is 2.42. The Kier molecular flexibility index (Phi) is 5.02. The van der Waals surface area contributed by atoms with Gasteiger partial charge in [0.15, 0.2) is 11.6 Å². The predicted octanol–water partition coefficient (Wildman–Crippen LogP) is 5.67. The second kappa shape index (κ2) is 7.78. The number of benzene rings is 2. The zero-order valence-electron chi connectivity index (χ0n) is 17.7. The molecule has 1 unspecified atom stereocenters. The summed E-state index contributed by atoms with van der Waals surface area (Å²) in [4.78, 5) is 13.7. The van der Waals surface area contributed by atoms with Crippen molar-refractivity contribution in [3.63, 3.8) is 0 Å².